The van der Waals surface area contributed by atoms with Crippen molar-refractivity contribution in [3.63, 3.8) is 0 Å². The molecule has 0 bridgehead atoms. The maximum atomic E-state index is 12.2. The van der Waals surface area contributed by atoms with Crippen LogP contribution in [0.15, 0.2) is 0 Å². The molecule has 2 N–H and O–H groups in total. The molecular formula is C13H24N2O3S. The van der Waals surface area contributed by atoms with Crippen molar-refractivity contribution in [2.24, 2.45) is 5.92 Å². The minimum Gasteiger partial charge on any atom is -0.351 e. The van der Waals surface area contributed by atoms with E-state index in [-0.39, 0.29) is 29.5 Å². The Morgan fingerprint density at radius 2 is 2.16 bits per heavy atom. The fraction of sp³-hybridized carbons (Fsp3) is 0.923. The third kappa shape index (κ3) is 4.18. The lowest BCUT2D eigenvalue weighted by Crippen LogP contribution is -2.53. The number of amides is 1. The van der Waals surface area contributed by atoms with Gasteiger partial charge in [-0.2, -0.15) is 0 Å². The van der Waals surface area contributed by atoms with Gasteiger partial charge in [0.1, 0.15) is 0 Å². The summed E-state index contributed by atoms with van der Waals surface area (Å²) < 4.78 is 23.1. The Kier molecular flexibility index (Phi) is 4.84. The molecule has 110 valence electrons. The Hall–Kier alpha value is -0.620. The molecule has 0 spiro atoms. The lowest BCUT2D eigenvalue weighted by atomic mass is 9.90. The van der Waals surface area contributed by atoms with Gasteiger partial charge in [-0.3, -0.25) is 4.79 Å². The van der Waals surface area contributed by atoms with Crippen LogP contribution in [0, 0.1) is 5.92 Å². The van der Waals surface area contributed by atoms with E-state index in [9.17, 15) is 13.2 Å². The Balaban J connectivity index is 1.86. The molecular weight excluding hydrogens is 264 g/mol. The SMILES string of the molecule is CCC1CCNC(C(=O)NC2CCCS(=O)(=O)C2)C1. The Bertz CT molecular complexity index is 422. The first-order valence-electron chi connectivity index (χ1n) is 7.24. The summed E-state index contributed by atoms with van der Waals surface area (Å²) in [6, 6.07) is -0.349. The maximum absolute atomic E-state index is 12.2. The molecule has 2 rings (SSSR count). The Morgan fingerprint density at radius 1 is 1.37 bits per heavy atom. The normalized spacial score (nSPS) is 34.7. The molecule has 0 saturated carbocycles. The highest BCUT2D eigenvalue weighted by molar-refractivity contribution is 7.91. The van der Waals surface area contributed by atoms with Crippen molar-refractivity contribution < 1.29 is 13.2 Å². The van der Waals surface area contributed by atoms with Gasteiger partial charge < -0.3 is 10.6 Å². The smallest absolute Gasteiger partial charge is 0.237 e. The third-order valence-electron chi connectivity index (χ3n) is 4.22. The molecule has 5 nitrogen and oxygen atoms in total. The number of rotatable bonds is 3. The van der Waals surface area contributed by atoms with Crippen LogP contribution in [-0.2, 0) is 14.6 Å². The third-order valence-corrected chi connectivity index (χ3v) is 6.04. The molecule has 0 aliphatic carbocycles. The van der Waals surface area contributed by atoms with Crippen LogP contribution in [0.25, 0.3) is 0 Å². The van der Waals surface area contributed by atoms with E-state index in [1.807, 2.05) is 0 Å². The summed E-state index contributed by atoms with van der Waals surface area (Å²) in [5.41, 5.74) is 0. The first kappa shape index (κ1) is 14.8. The van der Waals surface area contributed by atoms with Crippen molar-refractivity contribution in [2.45, 2.75) is 51.1 Å². The number of hydrogen-bond acceptors (Lipinski definition) is 4. The van der Waals surface area contributed by atoms with E-state index in [0.29, 0.717) is 12.3 Å². The Labute approximate surface area is 115 Å². The first-order valence-corrected chi connectivity index (χ1v) is 9.06. The van der Waals surface area contributed by atoms with Gasteiger partial charge in [0.2, 0.25) is 5.91 Å². The quantitative estimate of drug-likeness (QED) is 0.791. The lowest BCUT2D eigenvalue weighted by molar-refractivity contribution is -0.124. The maximum Gasteiger partial charge on any atom is 0.237 e. The molecule has 6 heteroatoms. The van der Waals surface area contributed by atoms with Crippen LogP contribution in [0.1, 0.15) is 39.0 Å². The predicted molar refractivity (Wildman–Crippen MR) is 74.6 cm³/mol. The van der Waals surface area contributed by atoms with Gasteiger partial charge in [-0.25, -0.2) is 8.42 Å². The van der Waals surface area contributed by atoms with Crippen LogP contribution in [0.2, 0.25) is 0 Å². The Morgan fingerprint density at radius 3 is 2.84 bits per heavy atom. The number of piperidine rings is 1. The fourth-order valence-electron chi connectivity index (χ4n) is 3.01. The number of nitrogens with one attached hydrogen (secondary N) is 2. The van der Waals surface area contributed by atoms with Gasteiger partial charge in [-0.05, 0) is 38.1 Å². The molecule has 19 heavy (non-hydrogen) atoms. The number of hydrogen-bond donors (Lipinski definition) is 2. The molecule has 0 aromatic rings. The summed E-state index contributed by atoms with van der Waals surface area (Å²) in [5.74, 6) is 0.939. The summed E-state index contributed by atoms with van der Waals surface area (Å²) in [6.45, 7) is 3.03. The number of carbonyl (C=O) groups excluding carboxylic acids is 1. The van der Waals surface area contributed by atoms with Gasteiger partial charge >= 0.3 is 0 Å². The zero-order valence-corrected chi connectivity index (χ0v) is 12.3. The molecule has 1 amide bonds. The highest BCUT2D eigenvalue weighted by atomic mass is 32.2. The van der Waals surface area contributed by atoms with E-state index in [2.05, 4.69) is 17.6 Å². The molecule has 3 unspecified atom stereocenters. The average molecular weight is 288 g/mol. The number of carbonyl (C=O) groups is 1. The molecule has 2 heterocycles. The van der Waals surface area contributed by atoms with Crippen LogP contribution in [0.4, 0.5) is 0 Å². The molecule has 2 aliphatic heterocycles. The van der Waals surface area contributed by atoms with Crippen molar-refractivity contribution in [3.8, 4) is 0 Å². The lowest BCUT2D eigenvalue weighted by Gasteiger charge is -2.31. The van der Waals surface area contributed by atoms with Crippen molar-refractivity contribution in [2.75, 3.05) is 18.1 Å². The van der Waals surface area contributed by atoms with Crippen molar-refractivity contribution in [1.82, 2.24) is 10.6 Å². The van der Waals surface area contributed by atoms with Crippen molar-refractivity contribution >= 4 is 15.7 Å². The average Bonchev–Trinajstić information content (AvgIpc) is 2.37. The zero-order valence-electron chi connectivity index (χ0n) is 11.5. The van der Waals surface area contributed by atoms with Crippen LogP contribution in [0.5, 0.6) is 0 Å². The molecule has 2 saturated heterocycles. The number of sulfone groups is 1. The van der Waals surface area contributed by atoms with E-state index < -0.39 is 9.84 Å². The van der Waals surface area contributed by atoms with E-state index in [4.69, 9.17) is 0 Å². The minimum atomic E-state index is -2.96. The van der Waals surface area contributed by atoms with E-state index in [1.54, 1.807) is 0 Å². The van der Waals surface area contributed by atoms with Gasteiger partial charge in [0, 0.05) is 6.04 Å². The summed E-state index contributed by atoms with van der Waals surface area (Å²) in [4.78, 5) is 12.2. The fourth-order valence-corrected chi connectivity index (χ4v) is 4.64. The summed E-state index contributed by atoms with van der Waals surface area (Å²) in [7, 11) is -2.96. The van der Waals surface area contributed by atoms with Crippen LogP contribution in [-0.4, -0.2) is 44.5 Å². The monoisotopic (exact) mass is 288 g/mol. The molecule has 2 aliphatic rings. The van der Waals surface area contributed by atoms with Crippen LogP contribution < -0.4 is 10.6 Å². The minimum absolute atomic E-state index is 0.0275. The molecule has 0 aromatic carbocycles. The first-order chi connectivity index (χ1) is 9.00. The largest absolute Gasteiger partial charge is 0.351 e. The zero-order chi connectivity index (χ0) is 13.9. The van der Waals surface area contributed by atoms with Crippen LogP contribution in [0.3, 0.4) is 0 Å². The van der Waals surface area contributed by atoms with Crippen molar-refractivity contribution in [3.05, 3.63) is 0 Å². The van der Waals surface area contributed by atoms with E-state index >= 15 is 0 Å². The summed E-state index contributed by atoms with van der Waals surface area (Å²) in [6.07, 6.45) is 4.51. The second-order valence-corrected chi connectivity index (χ2v) is 8.00. The summed E-state index contributed by atoms with van der Waals surface area (Å²) in [5, 5.41) is 6.14. The highest BCUT2D eigenvalue weighted by Crippen LogP contribution is 2.20. The van der Waals surface area contributed by atoms with Gasteiger partial charge in [0.25, 0.3) is 0 Å². The van der Waals surface area contributed by atoms with Crippen LogP contribution >= 0.6 is 0 Å². The second-order valence-electron chi connectivity index (χ2n) is 5.77. The van der Waals surface area contributed by atoms with E-state index in [1.165, 1.54) is 0 Å². The molecule has 0 radical (unpaired) electrons. The molecule has 3 atom stereocenters. The van der Waals surface area contributed by atoms with Gasteiger partial charge in [0.05, 0.1) is 17.5 Å². The van der Waals surface area contributed by atoms with E-state index in [0.717, 1.165) is 32.2 Å². The summed E-state index contributed by atoms with van der Waals surface area (Å²) >= 11 is 0. The highest BCUT2D eigenvalue weighted by Gasteiger charge is 2.30. The predicted octanol–water partition coefficient (Wildman–Crippen LogP) is 0.458. The van der Waals surface area contributed by atoms with Gasteiger partial charge in [0.15, 0.2) is 9.84 Å². The molecule has 0 aromatic heterocycles. The van der Waals surface area contributed by atoms with Crippen molar-refractivity contribution in [1.29, 1.82) is 0 Å². The topological polar surface area (TPSA) is 75.3 Å². The second kappa shape index (κ2) is 6.22. The molecule has 2 fully saturated rings. The van der Waals surface area contributed by atoms with Gasteiger partial charge in [-0.1, -0.05) is 13.3 Å². The van der Waals surface area contributed by atoms with Gasteiger partial charge in [-0.15, -0.1) is 0 Å². The standard InChI is InChI=1S/C13H24N2O3S/c1-2-10-5-6-14-12(8-10)13(16)15-11-4-3-7-19(17,18)9-11/h10-12,14H,2-9H2,1H3,(H,15,16).